The van der Waals surface area contributed by atoms with Gasteiger partial charge in [-0.1, -0.05) is 142 Å². The van der Waals surface area contributed by atoms with E-state index in [1.165, 1.54) is 141 Å². The van der Waals surface area contributed by atoms with Crippen molar-refractivity contribution in [1.82, 2.24) is 0 Å². The van der Waals surface area contributed by atoms with Gasteiger partial charge in [-0.25, -0.2) is 0 Å². The monoisotopic (exact) mass is 474 g/mol. The third-order valence-electron chi connectivity index (χ3n) is 6.64. The molecular weight excluding hydrogens is 417 g/mol. The molecular formula is C25H58O2Si3. The highest BCUT2D eigenvalue weighted by molar-refractivity contribution is 6.76. The topological polar surface area (TPSA) is 18.5 Å². The van der Waals surface area contributed by atoms with Crippen molar-refractivity contribution in [3.63, 3.8) is 0 Å². The Hall–Kier alpha value is 0.571. The fourth-order valence-corrected chi connectivity index (χ4v) is 10.5. The first-order valence-corrected chi connectivity index (χ1v) is 18.6. The summed E-state index contributed by atoms with van der Waals surface area (Å²) < 4.78 is 12.0. The summed E-state index contributed by atoms with van der Waals surface area (Å²) in [6.07, 6.45) is 28.6. The summed E-state index contributed by atoms with van der Waals surface area (Å²) in [5.41, 5.74) is 0. The van der Waals surface area contributed by atoms with Crippen LogP contribution in [0.5, 0.6) is 0 Å². The summed E-state index contributed by atoms with van der Waals surface area (Å²) in [6, 6.07) is 2.75. The van der Waals surface area contributed by atoms with Gasteiger partial charge in [0, 0.05) is 0 Å². The van der Waals surface area contributed by atoms with Gasteiger partial charge in [0.1, 0.15) is 10.5 Å². The van der Waals surface area contributed by atoms with E-state index in [0.717, 1.165) is 10.5 Å². The molecule has 0 N–H and O–H groups in total. The lowest BCUT2D eigenvalue weighted by Gasteiger charge is -2.28. The predicted octanol–water partition coefficient (Wildman–Crippen LogP) is 7.72. The van der Waals surface area contributed by atoms with Gasteiger partial charge in [0.2, 0.25) is 0 Å². The van der Waals surface area contributed by atoms with E-state index in [1.807, 2.05) is 0 Å². The molecule has 0 spiro atoms. The molecule has 0 saturated carbocycles. The number of hydrogen-bond donors (Lipinski definition) is 0. The van der Waals surface area contributed by atoms with Crippen LogP contribution in [0.3, 0.4) is 0 Å². The molecule has 0 saturated heterocycles. The molecule has 0 aliphatic heterocycles. The summed E-state index contributed by atoms with van der Waals surface area (Å²) in [5.74, 6) is 0. The summed E-state index contributed by atoms with van der Waals surface area (Å²) >= 11 is 0. The van der Waals surface area contributed by atoms with Gasteiger partial charge >= 0.3 is 0 Å². The van der Waals surface area contributed by atoms with Crippen LogP contribution in [0.1, 0.15) is 142 Å². The van der Waals surface area contributed by atoms with E-state index in [0.29, 0.717) is 0 Å². The molecule has 0 amide bonds. The molecule has 30 heavy (non-hydrogen) atoms. The number of rotatable bonds is 25. The molecule has 0 heterocycles. The molecule has 0 atom stereocenters. The molecule has 0 aliphatic rings. The lowest BCUT2D eigenvalue weighted by Crippen LogP contribution is -2.36. The standard InChI is InChI=1S/C25H58O2Si3/c1-4-6-8-10-12-14-16-18-20-22-24-30(3,27-29-26-28)25-23-21-19-17-15-13-11-9-7-5-2/h4-25,29H2,1-3,28H3. The molecule has 0 bridgehead atoms. The maximum atomic E-state index is 6.43. The maximum absolute atomic E-state index is 6.43. The minimum absolute atomic E-state index is 0.675. The largest absolute Gasteiger partial charge is 0.449 e. The Balaban J connectivity index is 3.72. The van der Waals surface area contributed by atoms with Crippen molar-refractivity contribution in [3.8, 4) is 0 Å². The van der Waals surface area contributed by atoms with E-state index >= 15 is 0 Å². The Kier molecular flexibility index (Phi) is 24.7. The number of unbranched alkanes of at least 4 members (excludes halogenated alkanes) is 18. The number of hydrogen-bond acceptors (Lipinski definition) is 2. The van der Waals surface area contributed by atoms with E-state index in [4.69, 9.17) is 8.23 Å². The van der Waals surface area contributed by atoms with Crippen LogP contribution < -0.4 is 0 Å². The lowest BCUT2D eigenvalue weighted by atomic mass is 10.1. The highest BCUT2D eigenvalue weighted by atomic mass is 28.4. The van der Waals surface area contributed by atoms with Gasteiger partial charge in [0.05, 0.1) is 0 Å². The van der Waals surface area contributed by atoms with Gasteiger partial charge in [-0.2, -0.15) is 0 Å². The highest BCUT2D eigenvalue weighted by Crippen LogP contribution is 2.25. The van der Waals surface area contributed by atoms with E-state index in [2.05, 4.69) is 20.4 Å². The fraction of sp³-hybridized carbons (Fsp3) is 1.00. The van der Waals surface area contributed by atoms with Crippen LogP contribution in [0.15, 0.2) is 0 Å². The van der Waals surface area contributed by atoms with Crippen molar-refractivity contribution in [1.29, 1.82) is 0 Å². The summed E-state index contributed by atoms with van der Waals surface area (Å²) in [6.45, 7) is 7.10. The lowest BCUT2D eigenvalue weighted by molar-refractivity contribution is 0.462. The first-order valence-electron chi connectivity index (χ1n) is 13.8. The molecule has 0 unspecified atom stereocenters. The minimum atomic E-state index is -1.49. The van der Waals surface area contributed by atoms with E-state index in [-0.39, 0.29) is 0 Å². The zero-order valence-electron chi connectivity index (χ0n) is 21.6. The van der Waals surface area contributed by atoms with Crippen molar-refractivity contribution < 1.29 is 8.23 Å². The van der Waals surface area contributed by atoms with Crippen molar-refractivity contribution in [3.05, 3.63) is 0 Å². The van der Waals surface area contributed by atoms with Crippen molar-refractivity contribution >= 4 is 28.8 Å². The Morgan fingerprint density at radius 2 is 0.833 bits per heavy atom. The van der Waals surface area contributed by atoms with Crippen molar-refractivity contribution in [2.45, 2.75) is 161 Å². The first kappa shape index (κ1) is 30.6. The fourth-order valence-electron chi connectivity index (χ4n) is 4.44. The Morgan fingerprint density at radius 1 is 0.533 bits per heavy atom. The van der Waals surface area contributed by atoms with Gasteiger partial charge in [-0.3, -0.25) is 0 Å². The third-order valence-corrected chi connectivity index (χ3v) is 13.7. The summed E-state index contributed by atoms with van der Waals surface area (Å²) in [7, 11) is -1.31. The van der Waals surface area contributed by atoms with E-state index in [9.17, 15) is 0 Å². The zero-order chi connectivity index (χ0) is 22.2. The molecule has 0 rings (SSSR count). The zero-order valence-corrected chi connectivity index (χ0v) is 26.0. The third kappa shape index (κ3) is 21.8. The van der Waals surface area contributed by atoms with Crippen LogP contribution in [0, 0.1) is 0 Å². The van der Waals surface area contributed by atoms with Crippen LogP contribution in [0.4, 0.5) is 0 Å². The van der Waals surface area contributed by atoms with Gasteiger partial charge in [0.25, 0.3) is 10.0 Å². The molecule has 0 aromatic carbocycles. The van der Waals surface area contributed by atoms with Crippen LogP contribution in [0.25, 0.3) is 0 Å². The highest BCUT2D eigenvalue weighted by Gasteiger charge is 2.27. The van der Waals surface area contributed by atoms with Gasteiger partial charge in [0.15, 0.2) is 8.32 Å². The summed E-state index contributed by atoms with van der Waals surface area (Å²) in [5, 5.41) is 0. The molecule has 0 fully saturated rings. The van der Waals surface area contributed by atoms with Crippen LogP contribution in [-0.2, 0) is 8.23 Å². The Labute approximate surface area is 197 Å². The van der Waals surface area contributed by atoms with Gasteiger partial charge < -0.3 is 8.23 Å². The molecule has 5 heteroatoms. The second kappa shape index (κ2) is 24.2. The normalized spacial score (nSPS) is 12.5. The second-order valence-corrected chi connectivity index (χ2v) is 17.5. The minimum Gasteiger partial charge on any atom is -0.449 e. The molecule has 0 aliphatic carbocycles. The smallest absolute Gasteiger partial charge is 0.283 e. The molecule has 182 valence electrons. The first-order chi connectivity index (χ1) is 14.7. The van der Waals surface area contributed by atoms with E-state index < -0.39 is 18.3 Å². The van der Waals surface area contributed by atoms with Gasteiger partial charge in [-0.05, 0) is 18.6 Å². The maximum Gasteiger partial charge on any atom is 0.283 e. The second-order valence-electron chi connectivity index (χ2n) is 9.86. The predicted molar refractivity (Wildman–Crippen MR) is 146 cm³/mol. The molecule has 0 aromatic rings. The molecule has 2 nitrogen and oxygen atoms in total. The molecule has 0 aromatic heterocycles. The van der Waals surface area contributed by atoms with Crippen LogP contribution in [0.2, 0.25) is 18.6 Å². The quantitative estimate of drug-likeness (QED) is 0.0995. The van der Waals surface area contributed by atoms with Crippen molar-refractivity contribution in [2.75, 3.05) is 0 Å². The van der Waals surface area contributed by atoms with Crippen LogP contribution >= 0.6 is 0 Å². The van der Waals surface area contributed by atoms with Gasteiger partial charge in [-0.15, -0.1) is 0 Å². The SMILES string of the molecule is CCCCCCCCCCCC[Si](C)(CCCCCCCCCCCC)O[SiH2]O[SiH3]. The van der Waals surface area contributed by atoms with E-state index in [1.54, 1.807) is 0 Å². The average Bonchev–Trinajstić information content (AvgIpc) is 2.75. The van der Waals surface area contributed by atoms with Crippen molar-refractivity contribution in [2.24, 2.45) is 0 Å². The molecule has 0 radical (unpaired) electrons. The Bertz CT molecular complexity index is 306. The Morgan fingerprint density at radius 3 is 1.13 bits per heavy atom. The van der Waals surface area contributed by atoms with Crippen LogP contribution in [-0.4, -0.2) is 28.8 Å². The average molecular weight is 475 g/mol. The summed E-state index contributed by atoms with van der Waals surface area (Å²) in [4.78, 5) is 0.